The van der Waals surface area contributed by atoms with Gasteiger partial charge in [0.15, 0.2) is 5.13 Å². The summed E-state index contributed by atoms with van der Waals surface area (Å²) in [7, 11) is 0. The Bertz CT molecular complexity index is 1130. The molecule has 3 aromatic heterocycles. The van der Waals surface area contributed by atoms with Gasteiger partial charge in [0.1, 0.15) is 15.8 Å². The zero-order valence-corrected chi connectivity index (χ0v) is 21.4. The lowest BCUT2D eigenvalue weighted by Crippen LogP contribution is -2.47. The Kier molecular flexibility index (Phi) is 8.32. The van der Waals surface area contributed by atoms with Crippen LogP contribution in [0.1, 0.15) is 23.8 Å². The molecule has 1 N–H and O–H groups in total. The lowest BCUT2D eigenvalue weighted by Gasteiger charge is -2.35. The van der Waals surface area contributed by atoms with Crippen LogP contribution in [-0.4, -0.2) is 71.1 Å². The zero-order chi connectivity index (χ0) is 24.1. The molecule has 9 nitrogen and oxygen atoms in total. The molecule has 1 fully saturated rings. The van der Waals surface area contributed by atoms with Crippen molar-refractivity contribution in [1.82, 2.24) is 19.9 Å². The molecule has 4 rings (SSSR count). The molecule has 1 aliphatic heterocycles. The maximum atomic E-state index is 12.6. The Labute approximate surface area is 214 Å². The number of piperazine rings is 1. The average molecular weight is 541 g/mol. The van der Waals surface area contributed by atoms with Crippen LogP contribution >= 0.6 is 45.9 Å². The van der Waals surface area contributed by atoms with Crippen LogP contribution in [0.15, 0.2) is 23.8 Å². The van der Waals surface area contributed by atoms with Crippen LogP contribution < -0.4 is 10.2 Å². The first kappa shape index (κ1) is 24.8. The minimum atomic E-state index is -0.383. The maximum Gasteiger partial charge on any atom is 0.307 e. The van der Waals surface area contributed by atoms with E-state index in [4.69, 9.17) is 27.9 Å². The van der Waals surface area contributed by atoms with Gasteiger partial charge in [-0.1, -0.05) is 23.2 Å². The van der Waals surface area contributed by atoms with Crippen molar-refractivity contribution < 1.29 is 14.3 Å². The van der Waals surface area contributed by atoms with Gasteiger partial charge in [-0.05, 0) is 13.0 Å². The number of carbonyl (C=O) groups excluding carboxylic acids is 2. The quantitative estimate of drug-likeness (QED) is 0.422. The molecule has 180 valence electrons. The highest BCUT2D eigenvalue weighted by Crippen LogP contribution is 2.38. The fourth-order valence-corrected chi connectivity index (χ4v) is 5.47. The summed E-state index contributed by atoms with van der Waals surface area (Å²) in [5.74, 6) is 0.162. The first-order valence-electron chi connectivity index (χ1n) is 10.6. The second kappa shape index (κ2) is 11.4. The summed E-state index contributed by atoms with van der Waals surface area (Å²) in [5.41, 5.74) is 0.901. The van der Waals surface area contributed by atoms with Crippen LogP contribution in [0.3, 0.4) is 0 Å². The molecule has 0 atom stereocenters. The fraction of sp³-hybridized carbons (Fsp3) is 0.381. The van der Waals surface area contributed by atoms with Crippen molar-refractivity contribution in [3.8, 4) is 10.6 Å². The minimum absolute atomic E-state index is 0.168. The van der Waals surface area contributed by atoms with Crippen molar-refractivity contribution in [3.05, 3.63) is 38.9 Å². The van der Waals surface area contributed by atoms with Gasteiger partial charge in [-0.25, -0.2) is 15.0 Å². The summed E-state index contributed by atoms with van der Waals surface area (Å²) >= 11 is 14.7. The van der Waals surface area contributed by atoms with Crippen LogP contribution in [0.4, 0.5) is 10.9 Å². The molecule has 4 heterocycles. The third kappa shape index (κ3) is 6.22. The van der Waals surface area contributed by atoms with Crippen LogP contribution in [0.2, 0.25) is 9.36 Å². The van der Waals surface area contributed by atoms with E-state index in [-0.39, 0.29) is 17.6 Å². The van der Waals surface area contributed by atoms with E-state index in [9.17, 15) is 9.59 Å². The van der Waals surface area contributed by atoms with Gasteiger partial charge < -0.3 is 9.64 Å². The molecule has 1 amide bonds. The van der Waals surface area contributed by atoms with Gasteiger partial charge in [0.2, 0.25) is 0 Å². The van der Waals surface area contributed by atoms with Crippen LogP contribution in [0, 0.1) is 0 Å². The Morgan fingerprint density at radius 1 is 1.18 bits per heavy atom. The van der Waals surface area contributed by atoms with E-state index >= 15 is 0 Å². The molecule has 13 heteroatoms. The highest BCUT2D eigenvalue weighted by Gasteiger charge is 2.20. The van der Waals surface area contributed by atoms with Gasteiger partial charge in [-0.15, -0.1) is 22.7 Å². The summed E-state index contributed by atoms with van der Waals surface area (Å²) in [6.45, 7) is 6.06. The Morgan fingerprint density at radius 3 is 2.62 bits per heavy atom. The predicted molar refractivity (Wildman–Crippen MR) is 135 cm³/mol. The highest BCUT2D eigenvalue weighted by molar-refractivity contribution is 7.20. The summed E-state index contributed by atoms with van der Waals surface area (Å²) < 4.78 is 5.48. The van der Waals surface area contributed by atoms with E-state index in [1.807, 2.05) is 5.38 Å². The molecule has 0 aliphatic carbocycles. The molecule has 0 saturated carbocycles. The number of carbonyl (C=O) groups is 2. The smallest absolute Gasteiger partial charge is 0.307 e. The van der Waals surface area contributed by atoms with Gasteiger partial charge in [0.25, 0.3) is 5.91 Å². The molecule has 0 spiro atoms. The molecule has 0 aromatic carbocycles. The monoisotopic (exact) mass is 540 g/mol. The van der Waals surface area contributed by atoms with Crippen molar-refractivity contribution in [1.29, 1.82) is 0 Å². The second-order valence-corrected chi connectivity index (χ2v) is 10.3. The Balaban J connectivity index is 1.28. The second-order valence-electron chi connectivity index (χ2n) is 7.37. The molecular weight excluding hydrogens is 519 g/mol. The van der Waals surface area contributed by atoms with E-state index in [0.29, 0.717) is 45.6 Å². The standard InChI is InChI=1S/C21H22Cl2N6O3S2/c1-2-32-18(30)3-4-28-5-7-29(8-6-28)17-11-24-14(10-25-17)20(31)27-21-26-15(12-33-21)16-9-13(22)19(23)34-16/h9-12H,2-8H2,1H3,(H,26,27,31). The number of esters is 1. The lowest BCUT2D eigenvalue weighted by atomic mass is 10.3. The molecule has 1 saturated heterocycles. The van der Waals surface area contributed by atoms with E-state index in [1.54, 1.807) is 19.2 Å². The van der Waals surface area contributed by atoms with Gasteiger partial charge in [0, 0.05) is 38.1 Å². The molecule has 0 bridgehead atoms. The minimum Gasteiger partial charge on any atom is -0.466 e. The number of anilines is 2. The normalized spacial score (nSPS) is 14.3. The summed E-state index contributed by atoms with van der Waals surface area (Å²) in [4.78, 5) is 42.4. The van der Waals surface area contributed by atoms with E-state index < -0.39 is 0 Å². The van der Waals surface area contributed by atoms with Crippen LogP contribution in [0.5, 0.6) is 0 Å². The first-order chi connectivity index (χ1) is 16.4. The number of rotatable bonds is 8. The largest absolute Gasteiger partial charge is 0.466 e. The molecule has 1 aliphatic rings. The summed E-state index contributed by atoms with van der Waals surface area (Å²) in [6.07, 6.45) is 3.46. The third-order valence-electron chi connectivity index (χ3n) is 5.13. The van der Waals surface area contributed by atoms with Gasteiger partial charge in [-0.3, -0.25) is 19.8 Å². The molecule has 3 aromatic rings. The molecule has 0 radical (unpaired) electrons. The summed E-state index contributed by atoms with van der Waals surface area (Å²) in [6, 6.07) is 1.75. The predicted octanol–water partition coefficient (Wildman–Crippen LogP) is 4.30. The van der Waals surface area contributed by atoms with Gasteiger partial charge in [-0.2, -0.15) is 0 Å². The van der Waals surface area contributed by atoms with E-state index in [1.165, 1.54) is 28.9 Å². The highest BCUT2D eigenvalue weighted by atomic mass is 35.5. The maximum absolute atomic E-state index is 12.6. The SMILES string of the molecule is CCOC(=O)CCN1CCN(c2cnc(C(=O)Nc3nc(-c4cc(Cl)c(Cl)s4)cs3)cn2)CC1. The fourth-order valence-electron chi connectivity index (χ4n) is 3.36. The topological polar surface area (TPSA) is 101 Å². The van der Waals surface area contributed by atoms with Crippen molar-refractivity contribution in [2.24, 2.45) is 0 Å². The molecule has 34 heavy (non-hydrogen) atoms. The summed E-state index contributed by atoms with van der Waals surface area (Å²) in [5, 5.41) is 5.51. The van der Waals surface area contributed by atoms with Crippen molar-refractivity contribution in [3.63, 3.8) is 0 Å². The average Bonchev–Trinajstić information content (AvgIpc) is 3.44. The lowest BCUT2D eigenvalue weighted by molar-refractivity contribution is -0.143. The number of hydrogen-bond donors (Lipinski definition) is 1. The molecular formula is C21H22Cl2N6O3S2. The number of thiazole rings is 1. The number of amides is 1. The van der Waals surface area contributed by atoms with Crippen LogP contribution in [-0.2, 0) is 9.53 Å². The van der Waals surface area contributed by atoms with Gasteiger partial charge >= 0.3 is 5.97 Å². The number of ether oxygens (including phenoxy) is 1. The van der Waals surface area contributed by atoms with Gasteiger partial charge in [0.05, 0.1) is 41.0 Å². The third-order valence-corrected chi connectivity index (χ3v) is 7.77. The molecule has 0 unspecified atom stereocenters. The number of halogens is 2. The van der Waals surface area contributed by atoms with Crippen molar-refractivity contribution in [2.45, 2.75) is 13.3 Å². The first-order valence-corrected chi connectivity index (χ1v) is 13.0. The number of aromatic nitrogens is 3. The van der Waals surface area contributed by atoms with E-state index in [2.05, 4.69) is 30.1 Å². The zero-order valence-electron chi connectivity index (χ0n) is 18.3. The van der Waals surface area contributed by atoms with Crippen molar-refractivity contribution in [2.75, 3.05) is 49.5 Å². The number of hydrogen-bond acceptors (Lipinski definition) is 10. The van der Waals surface area contributed by atoms with E-state index in [0.717, 1.165) is 31.1 Å². The Hall–Kier alpha value is -2.31. The number of thiophene rings is 1. The Morgan fingerprint density at radius 2 is 1.97 bits per heavy atom. The van der Waals surface area contributed by atoms with Crippen molar-refractivity contribution >= 4 is 68.7 Å². The number of nitrogens with zero attached hydrogens (tertiary/aromatic N) is 5. The van der Waals surface area contributed by atoms with Crippen LogP contribution in [0.25, 0.3) is 10.6 Å². The number of nitrogens with one attached hydrogen (secondary N) is 1.